The maximum atomic E-state index is 12.2. The second-order valence-corrected chi connectivity index (χ2v) is 6.70. The molecular weight excluding hydrogens is 306 g/mol. The van der Waals surface area contributed by atoms with Crippen molar-refractivity contribution in [3.63, 3.8) is 0 Å². The van der Waals surface area contributed by atoms with Crippen LogP contribution in [0.4, 0.5) is 18.9 Å². The van der Waals surface area contributed by atoms with Crippen molar-refractivity contribution < 1.29 is 13.2 Å². The van der Waals surface area contributed by atoms with Crippen molar-refractivity contribution in [1.82, 2.24) is 0 Å². The minimum Gasteiger partial charge on any atom is -0.326 e. The summed E-state index contributed by atoms with van der Waals surface area (Å²) >= 11 is 17.1. The van der Waals surface area contributed by atoms with Gasteiger partial charge < -0.3 is 4.72 Å². The fourth-order valence-electron chi connectivity index (χ4n) is 0.844. The van der Waals surface area contributed by atoms with Gasteiger partial charge in [0.25, 0.3) is 3.12 Å². The van der Waals surface area contributed by atoms with Gasteiger partial charge in [-0.3, -0.25) is 0 Å². The number of nitrogens with one attached hydrogen (secondary N) is 1. The van der Waals surface area contributed by atoms with Crippen LogP contribution in [-0.4, -0.2) is 3.12 Å². The van der Waals surface area contributed by atoms with E-state index in [2.05, 4.69) is 4.72 Å². The first-order valence-corrected chi connectivity index (χ1v) is 5.81. The van der Waals surface area contributed by atoms with Crippen LogP contribution in [0.15, 0.2) is 24.3 Å². The van der Waals surface area contributed by atoms with Gasteiger partial charge in [-0.1, -0.05) is 34.8 Å². The molecule has 16 heavy (non-hydrogen) atoms. The molecule has 0 unspecified atom stereocenters. The van der Waals surface area contributed by atoms with Crippen LogP contribution in [0.25, 0.3) is 0 Å². The topological polar surface area (TPSA) is 12.0 Å². The number of alkyl halides is 6. The first kappa shape index (κ1) is 14.1. The van der Waals surface area contributed by atoms with Crippen molar-refractivity contribution in [2.24, 2.45) is 0 Å². The zero-order valence-corrected chi connectivity index (χ0v) is 10.6. The van der Waals surface area contributed by atoms with E-state index >= 15 is 0 Å². The minimum absolute atomic E-state index is 0.421. The molecule has 90 valence electrons. The Bertz CT molecular complexity index is 347. The van der Waals surface area contributed by atoms with Gasteiger partial charge in [0, 0.05) is 17.6 Å². The van der Waals surface area contributed by atoms with Crippen LogP contribution in [0.2, 0.25) is 0 Å². The minimum atomic E-state index is -4.35. The highest BCUT2D eigenvalue weighted by molar-refractivity contribution is 8.05. The summed E-state index contributed by atoms with van der Waals surface area (Å²) in [5.74, 6) is 0. The summed E-state index contributed by atoms with van der Waals surface area (Å²) in [6.45, 7) is 0. The smallest absolute Gasteiger partial charge is 0.326 e. The molecule has 0 aromatic heterocycles. The predicted molar refractivity (Wildman–Crippen MR) is 62.9 cm³/mol. The van der Waals surface area contributed by atoms with Gasteiger partial charge in [-0.05, 0) is 24.3 Å². The molecule has 0 spiro atoms. The van der Waals surface area contributed by atoms with Crippen LogP contribution < -0.4 is 4.72 Å². The zero-order chi connectivity index (χ0) is 12.4. The fourth-order valence-corrected chi connectivity index (χ4v) is 1.56. The van der Waals surface area contributed by atoms with Crippen LogP contribution in [0.1, 0.15) is 5.56 Å². The average molecular weight is 311 g/mol. The van der Waals surface area contributed by atoms with Gasteiger partial charge in [-0.25, -0.2) is 0 Å². The van der Waals surface area contributed by atoms with Gasteiger partial charge in [0.2, 0.25) is 0 Å². The Balaban J connectivity index is 2.66. The van der Waals surface area contributed by atoms with Gasteiger partial charge in [0.05, 0.1) is 5.56 Å². The number of rotatable bonds is 2. The number of anilines is 1. The van der Waals surface area contributed by atoms with E-state index in [-0.39, 0.29) is 0 Å². The molecule has 0 saturated heterocycles. The van der Waals surface area contributed by atoms with Crippen molar-refractivity contribution in [2.45, 2.75) is 9.30 Å². The lowest BCUT2D eigenvalue weighted by Gasteiger charge is -2.12. The van der Waals surface area contributed by atoms with E-state index in [1.54, 1.807) is 0 Å². The summed E-state index contributed by atoms with van der Waals surface area (Å²) in [5, 5.41) is 0. The van der Waals surface area contributed by atoms with E-state index in [0.717, 1.165) is 24.1 Å². The van der Waals surface area contributed by atoms with Crippen LogP contribution in [0.5, 0.6) is 0 Å². The van der Waals surface area contributed by atoms with E-state index in [0.29, 0.717) is 5.69 Å². The summed E-state index contributed by atoms with van der Waals surface area (Å²) < 4.78 is 37.7. The van der Waals surface area contributed by atoms with Crippen molar-refractivity contribution in [2.75, 3.05) is 4.72 Å². The van der Waals surface area contributed by atoms with E-state index in [9.17, 15) is 13.2 Å². The highest BCUT2D eigenvalue weighted by Crippen LogP contribution is 2.39. The Hall–Kier alpha value is 0.0300. The first-order valence-electron chi connectivity index (χ1n) is 3.86. The van der Waals surface area contributed by atoms with Gasteiger partial charge >= 0.3 is 6.18 Å². The lowest BCUT2D eigenvalue weighted by atomic mass is 10.2. The highest BCUT2D eigenvalue weighted by atomic mass is 35.6. The lowest BCUT2D eigenvalue weighted by molar-refractivity contribution is -0.137. The zero-order valence-electron chi connectivity index (χ0n) is 7.49. The predicted octanol–water partition coefficient (Wildman–Crippen LogP) is 5.09. The Kier molecular flexibility index (Phi) is 4.51. The van der Waals surface area contributed by atoms with Gasteiger partial charge in [0.1, 0.15) is 0 Å². The number of hydrogen-bond donors (Lipinski definition) is 1. The molecule has 1 aromatic carbocycles. The molecule has 1 nitrogen and oxygen atoms in total. The summed E-state index contributed by atoms with van der Waals surface area (Å²) in [7, 11) is 0. The standard InChI is InChI=1S/C8H5Cl3F3NS/c9-8(10,11)16-15-6-3-1-5(2-4-6)7(12,13)14/h1-4,15H. The Morgan fingerprint density at radius 2 is 1.50 bits per heavy atom. The molecule has 0 atom stereocenters. The summed E-state index contributed by atoms with van der Waals surface area (Å²) in [5.41, 5.74) is -0.304. The lowest BCUT2D eigenvalue weighted by Crippen LogP contribution is -2.05. The van der Waals surface area contributed by atoms with E-state index in [1.165, 1.54) is 12.1 Å². The van der Waals surface area contributed by atoms with Crippen molar-refractivity contribution >= 4 is 52.4 Å². The molecule has 1 rings (SSSR count). The number of benzene rings is 1. The molecule has 0 fully saturated rings. The van der Waals surface area contributed by atoms with Crippen LogP contribution in [-0.2, 0) is 6.18 Å². The second-order valence-electron chi connectivity index (χ2n) is 2.72. The normalized spacial score (nSPS) is 12.6. The summed E-state index contributed by atoms with van der Waals surface area (Å²) in [6, 6.07) is 4.40. The van der Waals surface area contributed by atoms with Gasteiger partial charge in [0.15, 0.2) is 0 Å². The molecule has 0 aliphatic carbocycles. The second kappa shape index (κ2) is 5.12. The Labute approximate surface area is 109 Å². The molecule has 8 heteroatoms. The Morgan fingerprint density at radius 3 is 1.88 bits per heavy atom. The molecular formula is C8H5Cl3F3NS. The summed E-state index contributed by atoms with van der Waals surface area (Å²) in [6.07, 6.45) is -4.35. The SMILES string of the molecule is FC(F)(F)c1ccc(NSC(Cl)(Cl)Cl)cc1. The molecule has 0 radical (unpaired) electrons. The van der Waals surface area contributed by atoms with Crippen LogP contribution in [0.3, 0.4) is 0 Å². The van der Waals surface area contributed by atoms with E-state index in [4.69, 9.17) is 34.8 Å². The molecule has 0 saturated carbocycles. The van der Waals surface area contributed by atoms with Gasteiger partial charge in [-0.2, -0.15) is 13.2 Å². The molecule has 0 amide bonds. The van der Waals surface area contributed by atoms with Crippen molar-refractivity contribution in [3.05, 3.63) is 29.8 Å². The maximum absolute atomic E-state index is 12.2. The Morgan fingerprint density at radius 1 is 1.00 bits per heavy atom. The van der Waals surface area contributed by atoms with E-state index < -0.39 is 14.9 Å². The third kappa shape index (κ3) is 4.91. The molecule has 1 N–H and O–H groups in total. The first-order chi connectivity index (χ1) is 7.18. The summed E-state index contributed by atoms with van der Waals surface area (Å²) in [4.78, 5) is 0. The molecule has 1 aromatic rings. The molecule has 0 aliphatic heterocycles. The molecule has 0 bridgehead atoms. The van der Waals surface area contributed by atoms with Crippen LogP contribution in [0, 0.1) is 0 Å². The molecule has 0 aliphatic rings. The monoisotopic (exact) mass is 309 g/mol. The number of hydrogen-bond acceptors (Lipinski definition) is 2. The van der Waals surface area contributed by atoms with E-state index in [1.807, 2.05) is 0 Å². The molecule has 0 heterocycles. The number of halogens is 6. The van der Waals surface area contributed by atoms with Crippen LogP contribution >= 0.6 is 46.8 Å². The highest BCUT2D eigenvalue weighted by Gasteiger charge is 2.30. The average Bonchev–Trinajstić information content (AvgIpc) is 2.13. The van der Waals surface area contributed by atoms with Crippen molar-refractivity contribution in [1.29, 1.82) is 0 Å². The fraction of sp³-hybridized carbons (Fsp3) is 0.250. The van der Waals surface area contributed by atoms with Gasteiger partial charge in [-0.15, -0.1) is 0 Å². The third-order valence-corrected chi connectivity index (χ3v) is 2.76. The maximum Gasteiger partial charge on any atom is 0.416 e. The third-order valence-electron chi connectivity index (χ3n) is 1.50. The largest absolute Gasteiger partial charge is 0.416 e. The quantitative estimate of drug-likeness (QED) is 0.603. The van der Waals surface area contributed by atoms with Crippen molar-refractivity contribution in [3.8, 4) is 0 Å².